The number of nitrogens with zero attached hydrogens (tertiary/aromatic N) is 1. The van der Waals surface area contributed by atoms with E-state index in [1.165, 1.54) is 16.4 Å². The predicted octanol–water partition coefficient (Wildman–Crippen LogP) is 4.17. The number of carbonyl (C=O) groups excluding carboxylic acids is 2. The first-order chi connectivity index (χ1) is 14.6. The Kier molecular flexibility index (Phi) is 6.70. The summed E-state index contributed by atoms with van der Waals surface area (Å²) in [7, 11) is 1.66. The minimum Gasteiger partial charge on any atom is -0.497 e. The molecule has 3 N–H and O–H groups in total. The Bertz CT molecular complexity index is 1180. The molecule has 1 heterocycles. The molecule has 154 valence electrons. The van der Waals surface area contributed by atoms with Crippen LogP contribution in [-0.2, 0) is 22.7 Å². The Morgan fingerprint density at radius 2 is 1.47 bits per heavy atom. The summed E-state index contributed by atoms with van der Waals surface area (Å²) in [6.07, 6.45) is 0.250. The van der Waals surface area contributed by atoms with Crippen LogP contribution < -0.4 is 15.6 Å². The normalized spacial score (nSPS) is 10.2. The van der Waals surface area contributed by atoms with Gasteiger partial charge < -0.3 is 25.3 Å². The highest BCUT2D eigenvalue weighted by atomic mass is 16.5. The number of ether oxygens (including phenoxy) is 1. The topological polar surface area (TPSA) is 92.6 Å². The van der Waals surface area contributed by atoms with Gasteiger partial charge in [-0.1, -0.05) is 6.07 Å². The molecule has 0 aliphatic carbocycles. The molecule has 0 unspecified atom stereocenters. The number of rotatable bonds is 6. The Labute approximate surface area is 173 Å². The number of nitrogens with one attached hydrogen (secondary N) is 2. The Hall–Kier alpha value is -3.80. The second-order valence-electron chi connectivity index (χ2n) is 6.55. The molecule has 0 spiro atoms. The molecule has 0 saturated heterocycles. The molecule has 4 aromatic rings. The number of aromatic nitrogens is 1. The average molecular weight is 405 g/mol. The molecular formula is C23H23N3O4. The molecule has 7 nitrogen and oxygen atoms in total. The molecule has 0 amide bonds. The van der Waals surface area contributed by atoms with Gasteiger partial charge in [-0.15, -0.1) is 0 Å². The van der Waals surface area contributed by atoms with Crippen LogP contribution in [0.3, 0.4) is 0 Å². The van der Waals surface area contributed by atoms with Crippen LogP contribution in [0.1, 0.15) is 12.5 Å². The maximum Gasteiger partial charge on any atom is 0.373 e. The van der Waals surface area contributed by atoms with Gasteiger partial charge in [0.05, 0.1) is 25.1 Å². The van der Waals surface area contributed by atoms with Crippen molar-refractivity contribution in [1.29, 1.82) is 0 Å². The van der Waals surface area contributed by atoms with Crippen LogP contribution in [0.5, 0.6) is 5.75 Å². The van der Waals surface area contributed by atoms with Crippen molar-refractivity contribution < 1.29 is 19.4 Å². The highest BCUT2D eigenvalue weighted by Crippen LogP contribution is 2.32. The maximum atomic E-state index is 9.50. The van der Waals surface area contributed by atoms with Gasteiger partial charge >= 0.3 is 6.15 Å². The van der Waals surface area contributed by atoms with E-state index in [2.05, 4.69) is 52.7 Å². The van der Waals surface area contributed by atoms with E-state index >= 15 is 0 Å². The molecular weight excluding hydrogens is 382 g/mol. The summed E-state index contributed by atoms with van der Waals surface area (Å²) < 4.78 is 7.48. The number of aryl methyl sites for hydroxylation is 1. The van der Waals surface area contributed by atoms with Crippen LogP contribution in [0.25, 0.3) is 21.8 Å². The molecule has 0 radical (unpaired) electrons. The molecule has 30 heavy (non-hydrogen) atoms. The van der Waals surface area contributed by atoms with Crippen molar-refractivity contribution in [3.8, 4) is 5.75 Å². The van der Waals surface area contributed by atoms with E-state index in [1.54, 1.807) is 7.11 Å². The smallest absolute Gasteiger partial charge is 0.373 e. The number of aliphatic hydroxyl groups is 1. The SMILES string of the molecule is CCn1c2ccc(CO)cc2c2cc(NNc3ccc(OC)cc3)ccc21.O=C=O. The van der Waals surface area contributed by atoms with Crippen molar-refractivity contribution in [3.63, 3.8) is 0 Å². The molecule has 0 aliphatic heterocycles. The van der Waals surface area contributed by atoms with Crippen LogP contribution in [0.15, 0.2) is 60.7 Å². The first-order valence-electron chi connectivity index (χ1n) is 9.46. The zero-order chi connectivity index (χ0) is 21.5. The Morgan fingerprint density at radius 3 is 2.07 bits per heavy atom. The standard InChI is InChI=1S/C22H23N3O2.CO2/c1-3-25-21-10-4-15(14-26)12-19(21)20-13-17(7-11-22(20)25)24-23-16-5-8-18(27-2)9-6-16;2-1-3/h4-13,23-24,26H,3,14H2,1-2H3;. The summed E-state index contributed by atoms with van der Waals surface area (Å²) in [5.41, 5.74) is 11.7. The number of benzene rings is 3. The van der Waals surface area contributed by atoms with Crippen molar-refractivity contribution in [1.82, 2.24) is 4.57 Å². The fourth-order valence-corrected chi connectivity index (χ4v) is 3.49. The summed E-state index contributed by atoms with van der Waals surface area (Å²) in [6.45, 7) is 3.09. The highest BCUT2D eigenvalue weighted by Gasteiger charge is 2.11. The molecule has 0 bridgehead atoms. The lowest BCUT2D eigenvalue weighted by Crippen LogP contribution is -2.08. The first kappa shape index (κ1) is 20.9. The fraction of sp³-hybridized carbons (Fsp3) is 0.174. The van der Waals surface area contributed by atoms with Crippen LogP contribution in [0.2, 0.25) is 0 Å². The maximum absolute atomic E-state index is 9.50. The van der Waals surface area contributed by atoms with Gasteiger partial charge in [-0.25, -0.2) is 0 Å². The summed E-state index contributed by atoms with van der Waals surface area (Å²) >= 11 is 0. The average Bonchev–Trinajstić information content (AvgIpc) is 3.10. The zero-order valence-electron chi connectivity index (χ0n) is 16.8. The number of methoxy groups -OCH3 is 1. The number of anilines is 2. The van der Waals surface area contributed by atoms with Crippen molar-refractivity contribution in [3.05, 3.63) is 66.2 Å². The van der Waals surface area contributed by atoms with Crippen LogP contribution >= 0.6 is 0 Å². The quantitative estimate of drug-likeness (QED) is 0.417. The van der Waals surface area contributed by atoms with Crippen molar-refractivity contribution in [2.24, 2.45) is 0 Å². The fourth-order valence-electron chi connectivity index (χ4n) is 3.49. The first-order valence-corrected chi connectivity index (χ1v) is 9.46. The van der Waals surface area contributed by atoms with Crippen LogP contribution in [0, 0.1) is 0 Å². The zero-order valence-corrected chi connectivity index (χ0v) is 16.8. The molecule has 7 heteroatoms. The summed E-state index contributed by atoms with van der Waals surface area (Å²) in [5, 5.41) is 11.8. The van der Waals surface area contributed by atoms with Crippen LogP contribution in [-0.4, -0.2) is 22.9 Å². The minimum absolute atomic E-state index is 0.0473. The number of hydrazine groups is 1. The third-order valence-electron chi connectivity index (χ3n) is 4.87. The summed E-state index contributed by atoms with van der Waals surface area (Å²) in [4.78, 5) is 16.2. The second kappa shape index (κ2) is 9.60. The number of hydrogen-bond acceptors (Lipinski definition) is 6. The molecule has 0 atom stereocenters. The predicted molar refractivity (Wildman–Crippen MR) is 116 cm³/mol. The van der Waals surface area contributed by atoms with Gasteiger partial charge in [0.25, 0.3) is 0 Å². The largest absolute Gasteiger partial charge is 0.497 e. The molecule has 4 rings (SSSR count). The van der Waals surface area contributed by atoms with Gasteiger partial charge in [0.15, 0.2) is 0 Å². The lowest BCUT2D eigenvalue weighted by molar-refractivity contribution is -0.191. The van der Waals surface area contributed by atoms with Gasteiger partial charge in [0.2, 0.25) is 0 Å². The Balaban J connectivity index is 0.000000806. The van der Waals surface area contributed by atoms with Crippen molar-refractivity contribution >= 4 is 39.3 Å². The number of hydrogen-bond donors (Lipinski definition) is 3. The molecule has 0 aliphatic rings. The Morgan fingerprint density at radius 1 is 0.900 bits per heavy atom. The lowest BCUT2D eigenvalue weighted by atomic mass is 10.1. The van der Waals surface area contributed by atoms with Gasteiger partial charge in [-0.2, -0.15) is 9.59 Å². The van der Waals surface area contributed by atoms with Crippen molar-refractivity contribution in [2.45, 2.75) is 20.1 Å². The van der Waals surface area contributed by atoms with E-state index < -0.39 is 0 Å². The minimum atomic E-state index is 0.0473. The van der Waals surface area contributed by atoms with E-state index in [0.29, 0.717) is 0 Å². The lowest BCUT2D eigenvalue weighted by Gasteiger charge is -2.11. The molecule has 1 aromatic heterocycles. The van der Waals surface area contributed by atoms with Gasteiger partial charge in [-0.3, -0.25) is 0 Å². The van der Waals surface area contributed by atoms with E-state index in [4.69, 9.17) is 14.3 Å². The summed E-state index contributed by atoms with van der Waals surface area (Å²) in [6, 6.07) is 20.2. The molecule has 0 fully saturated rings. The van der Waals surface area contributed by atoms with Gasteiger partial charge in [0.1, 0.15) is 5.75 Å². The third kappa shape index (κ3) is 4.27. The van der Waals surface area contributed by atoms with Crippen molar-refractivity contribution in [2.75, 3.05) is 18.0 Å². The van der Waals surface area contributed by atoms with Gasteiger partial charge in [0, 0.05) is 28.4 Å². The monoisotopic (exact) mass is 405 g/mol. The van der Waals surface area contributed by atoms with E-state index in [-0.39, 0.29) is 12.8 Å². The number of fused-ring (bicyclic) bond motifs is 3. The third-order valence-corrected chi connectivity index (χ3v) is 4.87. The second-order valence-corrected chi connectivity index (χ2v) is 6.55. The summed E-state index contributed by atoms with van der Waals surface area (Å²) in [5.74, 6) is 0.828. The highest BCUT2D eigenvalue weighted by molar-refractivity contribution is 6.09. The molecule has 3 aromatic carbocycles. The van der Waals surface area contributed by atoms with Gasteiger partial charge in [-0.05, 0) is 67.1 Å². The van der Waals surface area contributed by atoms with E-state index in [0.717, 1.165) is 34.6 Å². The van der Waals surface area contributed by atoms with E-state index in [9.17, 15) is 5.11 Å². The molecule has 0 saturated carbocycles. The van der Waals surface area contributed by atoms with E-state index in [1.807, 2.05) is 30.3 Å². The number of aliphatic hydroxyl groups excluding tert-OH is 1. The van der Waals surface area contributed by atoms with Crippen LogP contribution in [0.4, 0.5) is 11.4 Å².